The molecule has 1 amide bonds. The van der Waals surface area contributed by atoms with Gasteiger partial charge in [0.15, 0.2) is 11.3 Å². The van der Waals surface area contributed by atoms with Crippen molar-refractivity contribution in [2.75, 3.05) is 23.3 Å². The summed E-state index contributed by atoms with van der Waals surface area (Å²) in [4.78, 5) is 22.6. The van der Waals surface area contributed by atoms with Crippen LogP contribution in [0.2, 0.25) is 0 Å². The third-order valence-electron chi connectivity index (χ3n) is 4.19. The van der Waals surface area contributed by atoms with Gasteiger partial charge in [0.1, 0.15) is 12.0 Å². The lowest BCUT2D eigenvalue weighted by molar-refractivity contribution is 0.102. The Morgan fingerprint density at radius 3 is 3.00 bits per heavy atom. The summed E-state index contributed by atoms with van der Waals surface area (Å²) < 4.78 is 15.2. The Bertz CT molecular complexity index is 897. The first kappa shape index (κ1) is 15.5. The van der Waals surface area contributed by atoms with E-state index in [0.29, 0.717) is 35.8 Å². The molecule has 1 atom stereocenters. The first-order valence-electron chi connectivity index (χ1n) is 8.16. The fourth-order valence-electron chi connectivity index (χ4n) is 2.95. The number of nitrogens with zero attached hydrogens (tertiary/aromatic N) is 5. The minimum absolute atomic E-state index is 0.314. The van der Waals surface area contributed by atoms with Crippen molar-refractivity contribution >= 4 is 23.1 Å². The first-order valence-corrected chi connectivity index (χ1v) is 8.16. The monoisotopic (exact) mass is 340 g/mol. The van der Waals surface area contributed by atoms with Crippen LogP contribution < -0.4 is 10.2 Å². The van der Waals surface area contributed by atoms with Gasteiger partial charge in [-0.05, 0) is 37.1 Å². The van der Waals surface area contributed by atoms with Crippen molar-refractivity contribution in [1.82, 2.24) is 19.6 Å². The molecule has 3 aromatic heterocycles. The molecule has 0 aromatic carbocycles. The second kappa shape index (κ2) is 6.46. The third kappa shape index (κ3) is 3.15. The third-order valence-corrected chi connectivity index (χ3v) is 4.19. The van der Waals surface area contributed by atoms with E-state index in [9.17, 15) is 9.18 Å². The van der Waals surface area contributed by atoms with Crippen LogP contribution in [-0.4, -0.2) is 44.8 Å². The van der Waals surface area contributed by atoms with Gasteiger partial charge in [-0.3, -0.25) is 9.78 Å². The Kier molecular flexibility index (Phi) is 4.01. The summed E-state index contributed by atoms with van der Waals surface area (Å²) in [5.74, 6) is 0.315. The number of amides is 1. The van der Waals surface area contributed by atoms with Crippen molar-refractivity contribution in [2.24, 2.45) is 0 Å². The highest BCUT2D eigenvalue weighted by Crippen LogP contribution is 2.20. The molecule has 3 aromatic rings. The summed E-state index contributed by atoms with van der Waals surface area (Å²) in [6, 6.07) is 7.08. The molecule has 0 bridgehead atoms. The zero-order chi connectivity index (χ0) is 17.2. The minimum atomic E-state index is -0.845. The van der Waals surface area contributed by atoms with Gasteiger partial charge in [0.05, 0.1) is 24.6 Å². The predicted octanol–water partition coefficient (Wildman–Crippen LogP) is 2.31. The predicted molar refractivity (Wildman–Crippen MR) is 91.5 cm³/mol. The molecule has 1 aliphatic heterocycles. The van der Waals surface area contributed by atoms with Gasteiger partial charge in [0.2, 0.25) is 0 Å². The molecular formula is C17H17FN6O. The van der Waals surface area contributed by atoms with Crippen molar-refractivity contribution < 1.29 is 9.18 Å². The first-order chi connectivity index (χ1) is 12.2. The quantitative estimate of drug-likeness (QED) is 0.792. The number of piperidine rings is 1. The number of aromatic nitrogens is 4. The number of pyridine rings is 1. The summed E-state index contributed by atoms with van der Waals surface area (Å²) >= 11 is 0. The summed E-state index contributed by atoms with van der Waals surface area (Å²) in [7, 11) is 0. The van der Waals surface area contributed by atoms with Crippen LogP contribution in [0.15, 0.2) is 42.9 Å². The van der Waals surface area contributed by atoms with Crippen LogP contribution in [0.1, 0.15) is 23.3 Å². The number of alkyl halides is 1. The fraction of sp³-hybridized carbons (Fsp3) is 0.294. The number of imidazole rings is 1. The molecule has 1 aliphatic rings. The van der Waals surface area contributed by atoms with Crippen molar-refractivity contribution in [3.05, 3.63) is 48.5 Å². The summed E-state index contributed by atoms with van der Waals surface area (Å²) in [5, 5.41) is 7.26. The number of carbonyl (C=O) groups excluding carboxylic acids is 1. The standard InChI is InChI=1S/C17H17FN6O/c18-12-3-2-8-23(11-12)16-6-5-15-20-10-14(24(15)22-16)17(25)21-13-4-1-7-19-9-13/h1,4-7,9-10,12H,2-3,8,11H2,(H,21,25). The van der Waals surface area contributed by atoms with Gasteiger partial charge in [0, 0.05) is 12.7 Å². The zero-order valence-electron chi connectivity index (χ0n) is 13.5. The molecule has 1 unspecified atom stereocenters. The van der Waals surface area contributed by atoms with Crippen LogP contribution in [0, 0.1) is 0 Å². The van der Waals surface area contributed by atoms with Crippen LogP contribution in [0.4, 0.5) is 15.9 Å². The highest BCUT2D eigenvalue weighted by Gasteiger charge is 2.21. The molecule has 7 nitrogen and oxygen atoms in total. The Hall–Kier alpha value is -3.03. The van der Waals surface area contributed by atoms with Crippen molar-refractivity contribution in [3.63, 3.8) is 0 Å². The fourth-order valence-corrected chi connectivity index (χ4v) is 2.95. The lowest BCUT2D eigenvalue weighted by Gasteiger charge is -2.29. The van der Waals surface area contributed by atoms with Crippen LogP contribution in [0.25, 0.3) is 5.65 Å². The van der Waals surface area contributed by atoms with Crippen molar-refractivity contribution in [1.29, 1.82) is 0 Å². The van der Waals surface area contributed by atoms with E-state index in [1.807, 2.05) is 11.0 Å². The Morgan fingerprint density at radius 2 is 2.20 bits per heavy atom. The molecule has 0 spiro atoms. The summed E-state index contributed by atoms with van der Waals surface area (Å²) in [6.07, 6.45) is 5.21. The Balaban J connectivity index is 1.63. The molecule has 0 saturated carbocycles. The number of carbonyl (C=O) groups is 1. The molecule has 4 rings (SSSR count). The van der Waals surface area contributed by atoms with Crippen LogP contribution >= 0.6 is 0 Å². The highest BCUT2D eigenvalue weighted by molar-refractivity contribution is 6.03. The maximum atomic E-state index is 13.7. The van der Waals surface area contributed by atoms with E-state index in [4.69, 9.17) is 0 Å². The average molecular weight is 340 g/mol. The van der Waals surface area contributed by atoms with Crippen LogP contribution in [0.3, 0.4) is 0 Å². The second-order valence-corrected chi connectivity index (χ2v) is 5.99. The van der Waals surface area contributed by atoms with E-state index >= 15 is 0 Å². The molecule has 0 aliphatic carbocycles. The van der Waals surface area contributed by atoms with Gasteiger partial charge >= 0.3 is 0 Å². The Morgan fingerprint density at radius 1 is 1.28 bits per heavy atom. The SMILES string of the molecule is O=C(Nc1cccnc1)c1cnc2ccc(N3CCCC(F)C3)nn12. The van der Waals surface area contributed by atoms with Gasteiger partial charge in [-0.25, -0.2) is 13.9 Å². The maximum absolute atomic E-state index is 13.7. The average Bonchev–Trinajstić information content (AvgIpc) is 3.06. The van der Waals surface area contributed by atoms with Crippen molar-refractivity contribution in [3.8, 4) is 0 Å². The molecule has 0 radical (unpaired) electrons. The van der Waals surface area contributed by atoms with E-state index in [-0.39, 0.29) is 5.91 Å². The highest BCUT2D eigenvalue weighted by atomic mass is 19.1. The number of rotatable bonds is 3. The summed E-state index contributed by atoms with van der Waals surface area (Å²) in [5.41, 5.74) is 1.47. The van der Waals surface area contributed by atoms with E-state index < -0.39 is 6.17 Å². The zero-order valence-corrected chi connectivity index (χ0v) is 13.5. The lowest BCUT2D eigenvalue weighted by Crippen LogP contribution is -2.37. The minimum Gasteiger partial charge on any atom is -0.352 e. The molecule has 1 saturated heterocycles. The van der Waals surface area contributed by atoms with Gasteiger partial charge < -0.3 is 10.2 Å². The Labute approximate surface area is 143 Å². The number of halogens is 1. The normalized spacial score (nSPS) is 17.6. The number of fused-ring (bicyclic) bond motifs is 1. The van der Waals surface area contributed by atoms with Crippen LogP contribution in [-0.2, 0) is 0 Å². The van der Waals surface area contributed by atoms with Gasteiger partial charge in [-0.1, -0.05) is 0 Å². The number of hydrogen-bond acceptors (Lipinski definition) is 5. The van der Waals surface area contributed by atoms with E-state index in [0.717, 1.165) is 13.0 Å². The smallest absolute Gasteiger partial charge is 0.276 e. The van der Waals surface area contributed by atoms with E-state index in [1.54, 1.807) is 30.6 Å². The molecule has 128 valence electrons. The van der Waals surface area contributed by atoms with Crippen LogP contribution in [0.5, 0.6) is 0 Å². The van der Waals surface area contributed by atoms with E-state index in [2.05, 4.69) is 20.4 Å². The number of anilines is 2. The molecule has 4 heterocycles. The molecule has 8 heteroatoms. The second-order valence-electron chi connectivity index (χ2n) is 5.99. The molecule has 25 heavy (non-hydrogen) atoms. The lowest BCUT2D eigenvalue weighted by atomic mass is 10.1. The largest absolute Gasteiger partial charge is 0.352 e. The topological polar surface area (TPSA) is 75.4 Å². The molecule has 1 N–H and O–H groups in total. The van der Waals surface area contributed by atoms with Gasteiger partial charge in [0.25, 0.3) is 5.91 Å². The number of hydrogen-bond donors (Lipinski definition) is 1. The summed E-state index contributed by atoms with van der Waals surface area (Å²) in [6.45, 7) is 1.08. The molecule has 1 fully saturated rings. The van der Waals surface area contributed by atoms with Crippen molar-refractivity contribution in [2.45, 2.75) is 19.0 Å². The van der Waals surface area contributed by atoms with Gasteiger partial charge in [-0.15, -0.1) is 5.10 Å². The van der Waals surface area contributed by atoms with Gasteiger partial charge in [-0.2, -0.15) is 0 Å². The molecular weight excluding hydrogens is 323 g/mol. The number of nitrogens with one attached hydrogen (secondary N) is 1. The van der Waals surface area contributed by atoms with E-state index in [1.165, 1.54) is 10.7 Å². The maximum Gasteiger partial charge on any atom is 0.276 e.